The molecular weight excluding hydrogens is 396 g/mol. The molecule has 0 saturated carbocycles. The van der Waals surface area contributed by atoms with Crippen LogP contribution in [0.3, 0.4) is 0 Å². The number of fused-ring (bicyclic) bond motifs is 1. The summed E-state index contributed by atoms with van der Waals surface area (Å²) in [7, 11) is -3.43. The quantitative estimate of drug-likeness (QED) is 0.721. The Morgan fingerprint density at radius 2 is 1.63 bits per heavy atom. The number of benzene rings is 2. The van der Waals surface area contributed by atoms with Gasteiger partial charge in [-0.3, -0.25) is 4.79 Å². The summed E-state index contributed by atoms with van der Waals surface area (Å²) in [4.78, 5) is 15.1. The van der Waals surface area contributed by atoms with E-state index in [2.05, 4.69) is 13.0 Å². The van der Waals surface area contributed by atoms with E-state index >= 15 is 0 Å². The Hall–Kier alpha value is -2.18. The van der Waals surface area contributed by atoms with Crippen molar-refractivity contribution in [3.05, 3.63) is 59.7 Å². The highest BCUT2D eigenvalue weighted by atomic mass is 32.2. The number of hydrogen-bond acceptors (Lipinski definition) is 3. The van der Waals surface area contributed by atoms with E-state index in [0.717, 1.165) is 43.4 Å². The fourth-order valence-corrected chi connectivity index (χ4v) is 6.09. The zero-order valence-electron chi connectivity index (χ0n) is 17.6. The van der Waals surface area contributed by atoms with Crippen molar-refractivity contribution < 1.29 is 13.2 Å². The molecule has 1 atom stereocenters. The maximum Gasteiger partial charge on any atom is 0.243 e. The van der Waals surface area contributed by atoms with Gasteiger partial charge in [0.1, 0.15) is 0 Å². The fraction of sp³-hybridized carbons (Fsp3) is 0.458. The minimum Gasteiger partial charge on any atom is -0.309 e. The van der Waals surface area contributed by atoms with Crippen molar-refractivity contribution in [3.8, 4) is 0 Å². The first kappa shape index (κ1) is 21.1. The Morgan fingerprint density at radius 3 is 2.33 bits per heavy atom. The van der Waals surface area contributed by atoms with Crippen molar-refractivity contribution >= 4 is 21.6 Å². The molecule has 2 aromatic carbocycles. The van der Waals surface area contributed by atoms with Gasteiger partial charge in [-0.25, -0.2) is 8.42 Å². The van der Waals surface area contributed by atoms with E-state index in [1.807, 2.05) is 35.2 Å². The van der Waals surface area contributed by atoms with Gasteiger partial charge in [-0.2, -0.15) is 4.31 Å². The lowest BCUT2D eigenvalue weighted by atomic mass is 10.1. The van der Waals surface area contributed by atoms with E-state index in [-0.39, 0.29) is 11.9 Å². The number of hydrogen-bond donors (Lipinski definition) is 0. The number of rotatable bonds is 5. The predicted molar refractivity (Wildman–Crippen MR) is 119 cm³/mol. The van der Waals surface area contributed by atoms with Crippen molar-refractivity contribution in [2.24, 2.45) is 0 Å². The number of carbonyl (C=O) groups excluding carboxylic acids is 1. The molecule has 160 valence electrons. The minimum atomic E-state index is -3.43. The molecule has 0 bridgehead atoms. The van der Waals surface area contributed by atoms with Gasteiger partial charge in [0.25, 0.3) is 0 Å². The van der Waals surface area contributed by atoms with Gasteiger partial charge >= 0.3 is 0 Å². The first-order chi connectivity index (χ1) is 14.5. The van der Waals surface area contributed by atoms with Gasteiger partial charge < -0.3 is 4.90 Å². The van der Waals surface area contributed by atoms with Gasteiger partial charge in [0.15, 0.2) is 0 Å². The zero-order chi connectivity index (χ0) is 21.1. The third-order valence-corrected chi connectivity index (χ3v) is 8.14. The molecular formula is C24H30N2O3S. The van der Waals surface area contributed by atoms with Gasteiger partial charge in [-0.05, 0) is 61.9 Å². The third kappa shape index (κ3) is 4.30. The Labute approximate surface area is 179 Å². The summed E-state index contributed by atoms with van der Waals surface area (Å²) in [5.41, 5.74) is 3.23. The topological polar surface area (TPSA) is 57.7 Å². The van der Waals surface area contributed by atoms with Crippen molar-refractivity contribution in [2.45, 2.75) is 62.8 Å². The highest BCUT2D eigenvalue weighted by molar-refractivity contribution is 7.89. The molecule has 0 aromatic heterocycles. The second kappa shape index (κ2) is 8.90. The maximum atomic E-state index is 12.9. The van der Waals surface area contributed by atoms with E-state index in [0.29, 0.717) is 30.8 Å². The lowest BCUT2D eigenvalue weighted by Gasteiger charge is -2.23. The summed E-state index contributed by atoms with van der Waals surface area (Å²) >= 11 is 0. The normalized spacial score (nSPS) is 20.0. The Balaban J connectivity index is 1.40. The SMILES string of the molecule is CC1Cc2ccccc2N1C(=O)CCc1ccc(S(=O)(=O)N2CCCCCC2)cc1. The molecule has 0 radical (unpaired) electrons. The van der Waals surface area contributed by atoms with Crippen LogP contribution >= 0.6 is 0 Å². The number of anilines is 1. The van der Waals surface area contributed by atoms with Crippen LogP contribution in [0.25, 0.3) is 0 Å². The van der Waals surface area contributed by atoms with E-state index in [1.54, 1.807) is 16.4 Å². The lowest BCUT2D eigenvalue weighted by Crippen LogP contribution is -2.35. The molecule has 30 heavy (non-hydrogen) atoms. The number of para-hydroxylation sites is 1. The van der Waals surface area contributed by atoms with Crippen LogP contribution in [0.5, 0.6) is 0 Å². The highest BCUT2D eigenvalue weighted by Crippen LogP contribution is 2.32. The molecule has 1 amide bonds. The molecule has 0 aliphatic carbocycles. The summed E-state index contributed by atoms with van der Waals surface area (Å²) in [5.74, 6) is 0.119. The Kier molecular flexibility index (Phi) is 6.25. The van der Waals surface area contributed by atoms with Gasteiger partial charge in [-0.15, -0.1) is 0 Å². The van der Waals surface area contributed by atoms with Crippen LogP contribution in [0.1, 0.15) is 50.2 Å². The number of nitrogens with zero attached hydrogens (tertiary/aromatic N) is 2. The van der Waals surface area contributed by atoms with Gasteiger partial charge in [0.05, 0.1) is 4.90 Å². The van der Waals surface area contributed by atoms with Gasteiger partial charge in [0.2, 0.25) is 15.9 Å². The lowest BCUT2D eigenvalue weighted by molar-refractivity contribution is -0.118. The largest absolute Gasteiger partial charge is 0.309 e. The first-order valence-electron chi connectivity index (χ1n) is 11.0. The van der Waals surface area contributed by atoms with Gasteiger partial charge in [-0.1, -0.05) is 43.2 Å². The van der Waals surface area contributed by atoms with Gasteiger partial charge in [0, 0.05) is 31.2 Å². The van der Waals surface area contributed by atoms with Crippen LogP contribution in [-0.2, 0) is 27.7 Å². The molecule has 6 heteroatoms. The van der Waals surface area contributed by atoms with Crippen molar-refractivity contribution in [2.75, 3.05) is 18.0 Å². The molecule has 5 nitrogen and oxygen atoms in total. The Bertz CT molecular complexity index is 993. The highest BCUT2D eigenvalue weighted by Gasteiger charge is 2.30. The van der Waals surface area contributed by atoms with Crippen molar-refractivity contribution in [1.29, 1.82) is 0 Å². The van der Waals surface area contributed by atoms with E-state index in [9.17, 15) is 13.2 Å². The van der Waals surface area contributed by atoms with E-state index in [1.165, 1.54) is 5.56 Å². The van der Waals surface area contributed by atoms with Crippen molar-refractivity contribution in [1.82, 2.24) is 4.31 Å². The fourth-order valence-electron chi connectivity index (χ4n) is 4.58. The number of amides is 1. The summed E-state index contributed by atoms with van der Waals surface area (Å²) in [6.07, 6.45) is 5.96. The third-order valence-electron chi connectivity index (χ3n) is 6.23. The summed E-state index contributed by atoms with van der Waals surface area (Å²) in [5, 5.41) is 0. The number of carbonyl (C=O) groups is 1. The first-order valence-corrected chi connectivity index (χ1v) is 12.4. The van der Waals surface area contributed by atoms with Crippen LogP contribution in [0.2, 0.25) is 0 Å². The maximum absolute atomic E-state index is 12.9. The average Bonchev–Trinajstić information content (AvgIpc) is 2.91. The second-order valence-corrected chi connectivity index (χ2v) is 10.3. The molecule has 0 N–H and O–H groups in total. The molecule has 2 aliphatic rings. The molecule has 2 heterocycles. The van der Waals surface area contributed by atoms with Crippen LogP contribution in [0.15, 0.2) is 53.4 Å². The van der Waals surface area contributed by atoms with Crippen LogP contribution in [-0.4, -0.2) is 37.8 Å². The number of sulfonamides is 1. The van der Waals surface area contributed by atoms with E-state index < -0.39 is 10.0 Å². The number of aryl methyl sites for hydroxylation is 1. The molecule has 4 rings (SSSR count). The monoisotopic (exact) mass is 426 g/mol. The molecule has 2 aromatic rings. The van der Waals surface area contributed by atoms with Crippen molar-refractivity contribution in [3.63, 3.8) is 0 Å². The summed E-state index contributed by atoms with van der Waals surface area (Å²) in [6, 6.07) is 15.3. The average molecular weight is 427 g/mol. The standard InChI is InChI=1S/C24H30N2O3S/c1-19-18-21-8-4-5-9-23(21)26(19)24(27)15-12-20-10-13-22(14-11-20)30(28,29)25-16-6-2-3-7-17-25/h4-5,8-11,13-14,19H,2-3,6-7,12,15-18H2,1H3. The smallest absolute Gasteiger partial charge is 0.243 e. The molecule has 2 aliphatic heterocycles. The van der Waals surface area contributed by atoms with Crippen LogP contribution < -0.4 is 4.90 Å². The zero-order valence-corrected chi connectivity index (χ0v) is 18.4. The second-order valence-electron chi connectivity index (χ2n) is 8.41. The molecule has 1 saturated heterocycles. The van der Waals surface area contributed by atoms with Crippen LogP contribution in [0.4, 0.5) is 5.69 Å². The Morgan fingerprint density at radius 1 is 0.967 bits per heavy atom. The molecule has 1 unspecified atom stereocenters. The summed E-state index contributed by atoms with van der Waals surface area (Å²) < 4.78 is 27.4. The summed E-state index contributed by atoms with van der Waals surface area (Å²) in [6.45, 7) is 3.29. The van der Waals surface area contributed by atoms with E-state index in [4.69, 9.17) is 0 Å². The molecule has 1 fully saturated rings. The minimum absolute atomic E-state index is 0.119. The van der Waals surface area contributed by atoms with Crippen LogP contribution in [0, 0.1) is 0 Å². The molecule has 0 spiro atoms. The predicted octanol–water partition coefficient (Wildman–Crippen LogP) is 4.16.